The minimum atomic E-state index is -0.730. The van der Waals surface area contributed by atoms with Crippen molar-refractivity contribution in [1.82, 2.24) is 4.90 Å². The Morgan fingerprint density at radius 2 is 2.05 bits per heavy atom. The molecule has 0 spiro atoms. The molecule has 1 saturated heterocycles. The first-order valence-electron chi connectivity index (χ1n) is 7.30. The van der Waals surface area contributed by atoms with E-state index in [0.29, 0.717) is 6.42 Å². The summed E-state index contributed by atoms with van der Waals surface area (Å²) in [4.78, 5) is 13.9. The highest BCUT2D eigenvalue weighted by Crippen LogP contribution is 2.40. The Morgan fingerprint density at radius 3 is 2.60 bits per heavy atom. The van der Waals surface area contributed by atoms with Crippen LogP contribution in [0.15, 0.2) is 24.3 Å². The van der Waals surface area contributed by atoms with Crippen molar-refractivity contribution in [2.75, 3.05) is 6.54 Å². The molecule has 0 radical (unpaired) electrons. The summed E-state index contributed by atoms with van der Waals surface area (Å²) in [5.74, 6) is -0.470. The van der Waals surface area contributed by atoms with Gasteiger partial charge in [-0.3, -0.25) is 9.69 Å². The highest BCUT2D eigenvalue weighted by molar-refractivity contribution is 5.79. The molecule has 4 heteroatoms. The van der Waals surface area contributed by atoms with E-state index in [4.69, 9.17) is 0 Å². The molecule has 2 N–H and O–H groups in total. The second-order valence-electron chi connectivity index (χ2n) is 5.65. The summed E-state index contributed by atoms with van der Waals surface area (Å²) in [6, 6.07) is 7.10. The molecule has 1 fully saturated rings. The lowest BCUT2D eigenvalue weighted by molar-refractivity contribution is -0.151. The van der Waals surface area contributed by atoms with Crippen LogP contribution >= 0.6 is 0 Å². The van der Waals surface area contributed by atoms with E-state index in [1.807, 2.05) is 26.0 Å². The third kappa shape index (κ3) is 2.52. The zero-order chi connectivity index (χ0) is 14.8. The summed E-state index contributed by atoms with van der Waals surface area (Å²) in [6.07, 6.45) is 3.20. The van der Waals surface area contributed by atoms with Gasteiger partial charge in [0, 0.05) is 6.04 Å². The monoisotopic (exact) mass is 277 g/mol. The third-order valence-corrected chi connectivity index (χ3v) is 4.44. The lowest BCUT2D eigenvalue weighted by Crippen LogP contribution is -2.51. The maximum Gasteiger partial charge on any atom is 0.324 e. The molecule has 1 aromatic rings. The topological polar surface area (TPSA) is 60.8 Å². The summed E-state index contributed by atoms with van der Waals surface area (Å²) in [6.45, 7) is 4.89. The predicted molar refractivity (Wildman–Crippen MR) is 77.7 cm³/mol. The maximum atomic E-state index is 11.8. The number of hydrogen-bond acceptors (Lipinski definition) is 3. The van der Waals surface area contributed by atoms with Crippen molar-refractivity contribution >= 4 is 5.97 Å². The summed E-state index contributed by atoms with van der Waals surface area (Å²) in [5.41, 5.74) is 0.318. The van der Waals surface area contributed by atoms with Gasteiger partial charge in [0.1, 0.15) is 11.3 Å². The first-order valence-corrected chi connectivity index (χ1v) is 7.30. The van der Waals surface area contributed by atoms with Crippen LogP contribution in [-0.2, 0) is 4.79 Å². The molecule has 2 rings (SSSR count). The van der Waals surface area contributed by atoms with E-state index in [0.717, 1.165) is 31.4 Å². The van der Waals surface area contributed by atoms with Crippen molar-refractivity contribution in [3.05, 3.63) is 29.8 Å². The van der Waals surface area contributed by atoms with E-state index in [-0.39, 0.29) is 11.8 Å². The number of benzene rings is 1. The largest absolute Gasteiger partial charge is 0.508 e. The van der Waals surface area contributed by atoms with Gasteiger partial charge >= 0.3 is 5.97 Å². The van der Waals surface area contributed by atoms with Crippen molar-refractivity contribution in [1.29, 1.82) is 0 Å². The molecule has 4 nitrogen and oxygen atoms in total. The van der Waals surface area contributed by atoms with Gasteiger partial charge in [-0.15, -0.1) is 0 Å². The van der Waals surface area contributed by atoms with E-state index in [1.54, 1.807) is 12.1 Å². The number of carboxylic acids is 1. The molecule has 1 aliphatic heterocycles. The van der Waals surface area contributed by atoms with Gasteiger partial charge in [0.25, 0.3) is 0 Å². The van der Waals surface area contributed by atoms with Crippen LogP contribution in [0.1, 0.15) is 51.1 Å². The first-order chi connectivity index (χ1) is 9.51. The number of likely N-dealkylation sites (tertiary alicyclic amines) is 1. The zero-order valence-electron chi connectivity index (χ0n) is 12.2. The van der Waals surface area contributed by atoms with Crippen LogP contribution in [0.25, 0.3) is 0 Å². The standard InChI is InChI=1S/C16H23NO3/c1-3-9-16(15(19)20)10-4-11-17(16)12(2)13-5-7-14(18)8-6-13/h5-8,12,18H,3-4,9-11H2,1-2H3,(H,19,20). The quantitative estimate of drug-likeness (QED) is 0.868. The van der Waals surface area contributed by atoms with Gasteiger partial charge in [-0.25, -0.2) is 0 Å². The van der Waals surface area contributed by atoms with Crippen molar-refractivity contribution in [2.45, 2.75) is 51.1 Å². The smallest absolute Gasteiger partial charge is 0.324 e. The minimum absolute atomic E-state index is 0.0424. The summed E-state index contributed by atoms with van der Waals surface area (Å²) in [5, 5.41) is 19.1. The Labute approximate surface area is 120 Å². The Kier molecular flexibility index (Phi) is 4.33. The van der Waals surface area contributed by atoms with Crippen LogP contribution in [0.3, 0.4) is 0 Å². The summed E-state index contributed by atoms with van der Waals surface area (Å²) >= 11 is 0. The van der Waals surface area contributed by atoms with Crippen LogP contribution in [-0.4, -0.2) is 33.2 Å². The summed E-state index contributed by atoms with van der Waals surface area (Å²) < 4.78 is 0. The Hall–Kier alpha value is -1.55. The molecule has 110 valence electrons. The number of rotatable bonds is 5. The lowest BCUT2D eigenvalue weighted by Gasteiger charge is -2.39. The first kappa shape index (κ1) is 14.9. The van der Waals surface area contributed by atoms with Crippen LogP contribution in [0.2, 0.25) is 0 Å². The van der Waals surface area contributed by atoms with Crippen LogP contribution < -0.4 is 0 Å². The van der Waals surface area contributed by atoms with E-state index in [9.17, 15) is 15.0 Å². The molecule has 0 saturated carbocycles. The average molecular weight is 277 g/mol. The lowest BCUT2D eigenvalue weighted by atomic mass is 9.89. The molecule has 0 aromatic heterocycles. The Balaban J connectivity index is 2.29. The fourth-order valence-corrected chi connectivity index (χ4v) is 3.42. The highest BCUT2D eigenvalue weighted by Gasteiger charge is 2.48. The van der Waals surface area contributed by atoms with E-state index >= 15 is 0 Å². The number of hydrogen-bond donors (Lipinski definition) is 2. The van der Waals surface area contributed by atoms with E-state index < -0.39 is 11.5 Å². The molecule has 1 aromatic carbocycles. The van der Waals surface area contributed by atoms with E-state index in [1.165, 1.54) is 0 Å². The molecule has 20 heavy (non-hydrogen) atoms. The van der Waals surface area contributed by atoms with Crippen molar-refractivity contribution in [3.63, 3.8) is 0 Å². The zero-order valence-corrected chi connectivity index (χ0v) is 12.2. The van der Waals surface area contributed by atoms with E-state index in [2.05, 4.69) is 4.90 Å². The van der Waals surface area contributed by atoms with Crippen LogP contribution in [0.5, 0.6) is 5.75 Å². The number of phenols is 1. The van der Waals surface area contributed by atoms with Gasteiger partial charge in [-0.2, -0.15) is 0 Å². The van der Waals surface area contributed by atoms with Crippen LogP contribution in [0.4, 0.5) is 0 Å². The Bertz CT molecular complexity index is 471. The molecule has 1 aliphatic rings. The second-order valence-corrected chi connectivity index (χ2v) is 5.65. The number of nitrogens with zero attached hydrogens (tertiary/aromatic N) is 1. The van der Waals surface area contributed by atoms with Gasteiger partial charge in [0.2, 0.25) is 0 Å². The number of aromatic hydroxyl groups is 1. The molecule has 0 amide bonds. The molecular formula is C16H23NO3. The molecule has 0 aliphatic carbocycles. The number of phenolic OH excluding ortho intramolecular Hbond substituents is 1. The van der Waals surface area contributed by atoms with Crippen molar-refractivity contribution in [3.8, 4) is 5.75 Å². The third-order valence-electron chi connectivity index (χ3n) is 4.44. The molecule has 2 unspecified atom stereocenters. The van der Waals surface area contributed by atoms with Gasteiger partial charge in [0.05, 0.1) is 0 Å². The summed E-state index contributed by atoms with van der Waals surface area (Å²) in [7, 11) is 0. The fraction of sp³-hybridized carbons (Fsp3) is 0.562. The molecule has 2 atom stereocenters. The highest BCUT2D eigenvalue weighted by atomic mass is 16.4. The van der Waals surface area contributed by atoms with Crippen molar-refractivity contribution in [2.24, 2.45) is 0 Å². The second kappa shape index (κ2) is 5.83. The predicted octanol–water partition coefficient (Wildman–Crippen LogP) is 3.17. The van der Waals surface area contributed by atoms with Crippen LogP contribution in [0, 0.1) is 0 Å². The number of carbonyl (C=O) groups is 1. The molecular weight excluding hydrogens is 254 g/mol. The number of carboxylic acid groups (broad SMARTS) is 1. The maximum absolute atomic E-state index is 11.8. The average Bonchev–Trinajstić information content (AvgIpc) is 2.84. The minimum Gasteiger partial charge on any atom is -0.508 e. The van der Waals surface area contributed by atoms with Gasteiger partial charge in [-0.05, 0) is 50.4 Å². The molecule has 0 bridgehead atoms. The van der Waals surface area contributed by atoms with Gasteiger partial charge in [0.15, 0.2) is 0 Å². The SMILES string of the molecule is CCCC1(C(=O)O)CCCN1C(C)c1ccc(O)cc1. The molecule has 1 heterocycles. The number of aliphatic carboxylic acids is 1. The fourth-order valence-electron chi connectivity index (χ4n) is 3.42. The normalized spacial score (nSPS) is 24.7. The van der Waals surface area contributed by atoms with Gasteiger partial charge < -0.3 is 10.2 Å². The van der Waals surface area contributed by atoms with Gasteiger partial charge in [-0.1, -0.05) is 25.5 Å². The van der Waals surface area contributed by atoms with Crippen molar-refractivity contribution < 1.29 is 15.0 Å². The Morgan fingerprint density at radius 1 is 1.40 bits per heavy atom.